The number of alkyl halides is 2. The van der Waals surface area contributed by atoms with Crippen LogP contribution in [0.15, 0.2) is 30.9 Å². The van der Waals surface area contributed by atoms with Crippen molar-refractivity contribution in [1.82, 2.24) is 20.2 Å². The molecule has 0 radical (unpaired) electrons. The van der Waals surface area contributed by atoms with Crippen LogP contribution in [0.5, 0.6) is 11.6 Å². The Bertz CT molecular complexity index is 1440. The van der Waals surface area contributed by atoms with Crippen LogP contribution >= 0.6 is 0 Å². The van der Waals surface area contributed by atoms with Crippen molar-refractivity contribution < 1.29 is 42.1 Å². The first kappa shape index (κ1) is 33.9. The Morgan fingerprint density at radius 2 is 1.84 bits per heavy atom. The molecule has 1 aliphatic carbocycles. The maximum absolute atomic E-state index is 14.8. The molecule has 13 heteroatoms. The number of amides is 2. The number of esters is 1. The molecule has 2 fully saturated rings. The summed E-state index contributed by atoms with van der Waals surface area (Å²) in [6.45, 7) is 11.4. The van der Waals surface area contributed by atoms with Crippen LogP contribution in [0.3, 0.4) is 0 Å². The minimum absolute atomic E-state index is 0.156. The van der Waals surface area contributed by atoms with E-state index in [-0.39, 0.29) is 29.6 Å². The van der Waals surface area contributed by atoms with E-state index >= 15 is 0 Å². The van der Waals surface area contributed by atoms with Crippen LogP contribution < -0.4 is 14.8 Å². The predicted molar refractivity (Wildman–Crippen MR) is 161 cm³/mol. The number of aromatic nitrogens is 2. The van der Waals surface area contributed by atoms with Gasteiger partial charge in [0.2, 0.25) is 11.8 Å². The molecule has 2 amide bonds. The summed E-state index contributed by atoms with van der Waals surface area (Å²) < 4.78 is 51.6. The van der Waals surface area contributed by atoms with Gasteiger partial charge in [-0.15, -0.1) is 6.58 Å². The standard InChI is InChI=1S/C32H42F2N4O7/c1-9-11-17-14-22(17)45-30(41)37-26(31(3,4)5)28(39)38-16-23(19(10-2)24(38)29(40)43-8)44-27-25(32(6,33)34)35-20-13-12-18(42-7)15-21(20)36-27/h9,12-13,15,17,19,22-24,26H,1,10-11,14,16H2,2-8H3,(H,37,41). The molecule has 4 rings (SSSR count). The van der Waals surface area contributed by atoms with Gasteiger partial charge in [0.15, 0.2) is 5.69 Å². The van der Waals surface area contributed by atoms with Crippen molar-refractivity contribution in [3.8, 4) is 11.6 Å². The SMILES string of the molecule is C=CCC1CC1OC(=O)NC(C(=O)N1CC(Oc2nc3cc(OC)ccc3nc2C(C)(F)F)C(CC)C1C(=O)OC)C(C)(C)C. The van der Waals surface area contributed by atoms with Gasteiger partial charge in [-0.3, -0.25) is 4.79 Å². The Morgan fingerprint density at radius 1 is 1.13 bits per heavy atom. The Morgan fingerprint density at radius 3 is 2.42 bits per heavy atom. The molecule has 11 nitrogen and oxygen atoms in total. The number of rotatable bonds is 11. The zero-order valence-corrected chi connectivity index (χ0v) is 26.8. The van der Waals surface area contributed by atoms with E-state index in [1.165, 1.54) is 25.2 Å². The second kappa shape index (κ2) is 13.1. The van der Waals surface area contributed by atoms with Crippen LogP contribution in [-0.4, -0.2) is 77.9 Å². The molecule has 2 aromatic rings. The summed E-state index contributed by atoms with van der Waals surface area (Å²) in [6, 6.07) is 2.45. The number of halogens is 2. The number of nitrogens with zero attached hydrogens (tertiary/aromatic N) is 3. The third-order valence-electron chi connectivity index (χ3n) is 8.27. The van der Waals surface area contributed by atoms with E-state index in [4.69, 9.17) is 18.9 Å². The van der Waals surface area contributed by atoms with Gasteiger partial charge in [-0.25, -0.2) is 19.6 Å². The Balaban J connectivity index is 1.66. The monoisotopic (exact) mass is 632 g/mol. The average molecular weight is 633 g/mol. The summed E-state index contributed by atoms with van der Waals surface area (Å²) in [5.41, 5.74) is -0.985. The molecule has 1 aliphatic heterocycles. The number of alkyl carbamates (subject to hydrolysis) is 1. The van der Waals surface area contributed by atoms with Gasteiger partial charge in [-0.2, -0.15) is 8.78 Å². The van der Waals surface area contributed by atoms with Crippen LogP contribution in [0.25, 0.3) is 11.0 Å². The van der Waals surface area contributed by atoms with Gasteiger partial charge < -0.3 is 29.2 Å². The van der Waals surface area contributed by atoms with Gasteiger partial charge in [0.25, 0.3) is 5.92 Å². The quantitative estimate of drug-likeness (QED) is 0.268. The number of fused-ring (bicyclic) bond motifs is 1. The maximum Gasteiger partial charge on any atom is 0.408 e. The van der Waals surface area contributed by atoms with E-state index in [1.807, 2.05) is 0 Å². The van der Waals surface area contributed by atoms with Gasteiger partial charge in [0, 0.05) is 24.8 Å². The molecule has 1 aromatic carbocycles. The lowest BCUT2D eigenvalue weighted by Crippen LogP contribution is -2.57. The normalized spacial score (nSPS) is 23.7. The Kier molecular flexibility index (Phi) is 9.88. The van der Waals surface area contributed by atoms with Crippen LogP contribution in [-0.2, 0) is 25.0 Å². The minimum Gasteiger partial charge on any atom is -0.497 e. The second-order valence-corrected chi connectivity index (χ2v) is 12.7. The lowest BCUT2D eigenvalue weighted by atomic mass is 9.85. The van der Waals surface area contributed by atoms with E-state index < -0.39 is 65.0 Å². The fourth-order valence-electron chi connectivity index (χ4n) is 5.72. The van der Waals surface area contributed by atoms with Crippen LogP contribution in [0.4, 0.5) is 13.6 Å². The molecule has 1 saturated carbocycles. The number of ether oxygens (including phenoxy) is 4. The molecule has 1 aromatic heterocycles. The molecule has 246 valence electrons. The van der Waals surface area contributed by atoms with Gasteiger partial charge in [-0.05, 0) is 36.8 Å². The number of methoxy groups -OCH3 is 2. The van der Waals surface area contributed by atoms with Crippen molar-refractivity contribution >= 4 is 29.0 Å². The molecule has 0 bridgehead atoms. The van der Waals surface area contributed by atoms with Crippen molar-refractivity contribution in [3.63, 3.8) is 0 Å². The number of hydrogen-bond donors (Lipinski definition) is 1. The van der Waals surface area contributed by atoms with E-state index in [0.717, 1.165) is 6.42 Å². The minimum atomic E-state index is -3.41. The molecule has 1 saturated heterocycles. The Labute approximate surface area is 261 Å². The average Bonchev–Trinajstić information content (AvgIpc) is 3.59. The summed E-state index contributed by atoms with van der Waals surface area (Å²) in [4.78, 5) is 50.0. The lowest BCUT2D eigenvalue weighted by Gasteiger charge is -2.35. The van der Waals surface area contributed by atoms with Crippen LogP contribution in [0.2, 0.25) is 0 Å². The molecule has 6 atom stereocenters. The number of nitrogens with one attached hydrogen (secondary N) is 1. The predicted octanol–water partition coefficient (Wildman–Crippen LogP) is 5.01. The lowest BCUT2D eigenvalue weighted by molar-refractivity contribution is -0.154. The van der Waals surface area contributed by atoms with Crippen molar-refractivity contribution in [2.75, 3.05) is 20.8 Å². The van der Waals surface area contributed by atoms with Gasteiger partial charge >= 0.3 is 12.1 Å². The topological polar surface area (TPSA) is 129 Å². The highest BCUT2D eigenvalue weighted by Crippen LogP contribution is 2.39. The van der Waals surface area contributed by atoms with Crippen molar-refractivity contribution in [2.45, 2.75) is 84.1 Å². The van der Waals surface area contributed by atoms with Gasteiger partial charge in [-0.1, -0.05) is 33.8 Å². The molecule has 2 heterocycles. The zero-order valence-electron chi connectivity index (χ0n) is 26.8. The largest absolute Gasteiger partial charge is 0.497 e. The Hall–Kier alpha value is -4.03. The van der Waals surface area contributed by atoms with Gasteiger partial charge in [0.1, 0.15) is 30.0 Å². The molecular formula is C32H42F2N4O7. The van der Waals surface area contributed by atoms with Crippen LogP contribution in [0.1, 0.15) is 59.6 Å². The smallest absolute Gasteiger partial charge is 0.408 e. The first-order valence-electron chi connectivity index (χ1n) is 15.0. The number of carbonyl (C=O) groups is 3. The summed E-state index contributed by atoms with van der Waals surface area (Å²) >= 11 is 0. The van der Waals surface area contributed by atoms with E-state index in [9.17, 15) is 23.2 Å². The highest BCUT2D eigenvalue weighted by Gasteiger charge is 2.52. The fourth-order valence-corrected chi connectivity index (χ4v) is 5.72. The summed E-state index contributed by atoms with van der Waals surface area (Å²) in [7, 11) is 2.67. The number of allylic oxidation sites excluding steroid dienone is 1. The highest BCUT2D eigenvalue weighted by atomic mass is 19.3. The zero-order chi connectivity index (χ0) is 33.3. The number of likely N-dealkylation sites (tertiary alicyclic amines) is 1. The van der Waals surface area contributed by atoms with Crippen molar-refractivity contribution in [3.05, 3.63) is 36.5 Å². The first-order valence-corrected chi connectivity index (χ1v) is 15.0. The summed E-state index contributed by atoms with van der Waals surface area (Å²) in [6.07, 6.45) is 1.60. The number of benzene rings is 1. The second-order valence-electron chi connectivity index (χ2n) is 12.7. The van der Waals surface area contributed by atoms with E-state index in [2.05, 4.69) is 21.9 Å². The summed E-state index contributed by atoms with van der Waals surface area (Å²) in [5, 5.41) is 2.70. The molecule has 1 N–H and O–H groups in total. The molecular weight excluding hydrogens is 590 g/mol. The fraction of sp³-hybridized carbons (Fsp3) is 0.594. The third-order valence-corrected chi connectivity index (χ3v) is 8.27. The number of carbonyl (C=O) groups excluding carboxylic acids is 3. The van der Waals surface area contributed by atoms with Gasteiger partial charge in [0.05, 0.1) is 31.8 Å². The molecule has 0 spiro atoms. The molecule has 6 unspecified atom stereocenters. The maximum atomic E-state index is 14.8. The van der Waals surface area contributed by atoms with Crippen LogP contribution in [0, 0.1) is 17.3 Å². The first-order chi connectivity index (χ1) is 21.1. The summed E-state index contributed by atoms with van der Waals surface area (Å²) in [5.74, 6) is -5.10. The van der Waals surface area contributed by atoms with E-state index in [1.54, 1.807) is 45.9 Å². The molecule has 45 heavy (non-hydrogen) atoms. The molecule has 2 aliphatic rings. The highest BCUT2D eigenvalue weighted by molar-refractivity contribution is 5.91. The van der Waals surface area contributed by atoms with Crippen molar-refractivity contribution in [1.29, 1.82) is 0 Å². The third kappa shape index (κ3) is 7.45. The van der Waals surface area contributed by atoms with Crippen molar-refractivity contribution in [2.24, 2.45) is 17.3 Å². The van der Waals surface area contributed by atoms with E-state index in [0.29, 0.717) is 25.5 Å². The number of hydrogen-bond acceptors (Lipinski definition) is 9.